The van der Waals surface area contributed by atoms with Crippen LogP contribution in [0.15, 0.2) is 12.4 Å². The second-order valence-corrected chi connectivity index (χ2v) is 5.43. The smallest absolute Gasteiger partial charge is 0.350 e. The van der Waals surface area contributed by atoms with E-state index in [0.29, 0.717) is 22.1 Å². The van der Waals surface area contributed by atoms with Gasteiger partial charge in [-0.25, -0.2) is 4.68 Å². The Kier molecular flexibility index (Phi) is 5.50. The summed E-state index contributed by atoms with van der Waals surface area (Å²) in [5.41, 5.74) is 1.63. The first kappa shape index (κ1) is 18.3. The van der Waals surface area contributed by atoms with Crippen molar-refractivity contribution in [2.45, 2.75) is 33.3 Å². The fraction of sp³-hybridized carbons (Fsp3) is 0.462. The number of carbonyl (C=O) groups excluding carboxylic acids is 1. The molecule has 2 aromatic rings. The molecule has 1 amide bonds. The van der Waals surface area contributed by atoms with Crippen LogP contribution in [0.25, 0.3) is 0 Å². The van der Waals surface area contributed by atoms with E-state index < -0.39 is 12.8 Å². The standard InChI is InChI=1S/C13H15ClF3N5O2/c1-8-12(14)9(2)22(20-8)5-11(23)19-10-3-18-21(4-10)7-24-6-13(15,16)17/h3-4H,5-7H2,1-2H3,(H,19,23). The average Bonchev–Trinajstić information content (AvgIpc) is 2.99. The molecule has 0 aromatic carbocycles. The van der Waals surface area contributed by atoms with Gasteiger partial charge >= 0.3 is 6.18 Å². The molecule has 0 radical (unpaired) electrons. The van der Waals surface area contributed by atoms with Crippen LogP contribution < -0.4 is 5.32 Å². The van der Waals surface area contributed by atoms with Crippen molar-refractivity contribution in [2.24, 2.45) is 0 Å². The number of alkyl halides is 3. The Balaban J connectivity index is 1.87. The second-order valence-electron chi connectivity index (χ2n) is 5.05. The molecule has 0 saturated carbocycles. The highest BCUT2D eigenvalue weighted by atomic mass is 35.5. The predicted octanol–water partition coefficient (Wildman–Crippen LogP) is 2.52. The Morgan fingerprint density at radius 1 is 1.42 bits per heavy atom. The Labute approximate surface area is 140 Å². The Morgan fingerprint density at radius 3 is 2.71 bits per heavy atom. The second kappa shape index (κ2) is 7.22. The SMILES string of the molecule is Cc1nn(CC(=O)Nc2cnn(COCC(F)(F)F)c2)c(C)c1Cl. The number of aromatic nitrogens is 4. The number of amides is 1. The van der Waals surface area contributed by atoms with Gasteiger partial charge in [0.1, 0.15) is 19.9 Å². The number of aryl methyl sites for hydroxylation is 1. The molecule has 2 heterocycles. The largest absolute Gasteiger partial charge is 0.411 e. The van der Waals surface area contributed by atoms with Crippen molar-refractivity contribution < 1.29 is 22.7 Å². The van der Waals surface area contributed by atoms with Gasteiger partial charge in [-0.2, -0.15) is 23.4 Å². The number of nitrogens with zero attached hydrogens (tertiary/aromatic N) is 4. The van der Waals surface area contributed by atoms with Crippen molar-refractivity contribution in [1.82, 2.24) is 19.6 Å². The molecule has 2 aromatic heterocycles. The molecule has 1 N–H and O–H groups in total. The minimum atomic E-state index is -4.40. The molecule has 0 bridgehead atoms. The lowest BCUT2D eigenvalue weighted by Crippen LogP contribution is -2.20. The lowest BCUT2D eigenvalue weighted by molar-refractivity contribution is -0.182. The van der Waals surface area contributed by atoms with E-state index in [1.54, 1.807) is 13.8 Å². The van der Waals surface area contributed by atoms with Crippen molar-refractivity contribution in [1.29, 1.82) is 0 Å². The summed E-state index contributed by atoms with van der Waals surface area (Å²) < 4.78 is 43.0. The molecule has 0 unspecified atom stereocenters. The Morgan fingerprint density at radius 2 is 2.12 bits per heavy atom. The Hall–Kier alpha value is -2.07. The highest BCUT2D eigenvalue weighted by Gasteiger charge is 2.27. The van der Waals surface area contributed by atoms with Crippen LogP contribution >= 0.6 is 11.6 Å². The average molecular weight is 366 g/mol. The maximum atomic E-state index is 12.0. The van der Waals surface area contributed by atoms with Crippen molar-refractivity contribution >= 4 is 23.2 Å². The quantitative estimate of drug-likeness (QED) is 0.853. The van der Waals surface area contributed by atoms with Gasteiger partial charge in [0.25, 0.3) is 0 Å². The molecule has 0 aliphatic carbocycles. The zero-order valence-corrected chi connectivity index (χ0v) is 13.6. The summed E-state index contributed by atoms with van der Waals surface area (Å²) in [7, 11) is 0. The van der Waals surface area contributed by atoms with Crippen molar-refractivity contribution in [3.05, 3.63) is 28.8 Å². The lowest BCUT2D eigenvalue weighted by atomic mass is 10.4. The van der Waals surface area contributed by atoms with Crippen LogP contribution in [0.4, 0.5) is 18.9 Å². The van der Waals surface area contributed by atoms with Crippen LogP contribution in [0, 0.1) is 13.8 Å². The van der Waals surface area contributed by atoms with Crippen LogP contribution in [0.3, 0.4) is 0 Å². The number of rotatable bonds is 6. The Bertz CT molecular complexity index is 726. The summed E-state index contributed by atoms with van der Waals surface area (Å²) in [6.45, 7) is 1.69. The van der Waals surface area contributed by atoms with Gasteiger partial charge in [0.2, 0.25) is 5.91 Å². The number of hydrogen-bond acceptors (Lipinski definition) is 4. The van der Waals surface area contributed by atoms with Crippen LogP contribution in [0.2, 0.25) is 5.02 Å². The summed E-state index contributed by atoms with van der Waals surface area (Å²) in [6.07, 6.45) is -1.73. The molecule has 0 fully saturated rings. The fourth-order valence-electron chi connectivity index (χ4n) is 1.92. The number of hydrogen-bond donors (Lipinski definition) is 1. The third-order valence-corrected chi connectivity index (χ3v) is 3.54. The minimum Gasteiger partial charge on any atom is -0.350 e. The molecule has 0 aliphatic heterocycles. The third-order valence-electron chi connectivity index (χ3n) is 2.99. The van der Waals surface area contributed by atoms with Crippen molar-refractivity contribution in [3.8, 4) is 0 Å². The molecule has 0 aliphatic rings. The summed E-state index contributed by atoms with van der Waals surface area (Å²) in [6, 6.07) is 0. The fourth-order valence-corrected chi connectivity index (χ4v) is 2.05. The highest BCUT2D eigenvalue weighted by molar-refractivity contribution is 6.31. The van der Waals surface area contributed by atoms with E-state index in [-0.39, 0.29) is 19.2 Å². The van der Waals surface area contributed by atoms with E-state index in [1.165, 1.54) is 17.1 Å². The van der Waals surface area contributed by atoms with E-state index in [9.17, 15) is 18.0 Å². The van der Waals surface area contributed by atoms with Crippen LogP contribution in [0.1, 0.15) is 11.4 Å². The zero-order chi connectivity index (χ0) is 17.9. The normalized spacial score (nSPS) is 11.8. The molecule has 0 atom stereocenters. The van der Waals surface area contributed by atoms with Gasteiger partial charge in [0.15, 0.2) is 0 Å². The molecule has 7 nitrogen and oxygen atoms in total. The summed E-state index contributed by atoms with van der Waals surface area (Å²) >= 11 is 6.00. The molecule has 0 spiro atoms. The molecule has 2 rings (SSSR count). The maximum Gasteiger partial charge on any atom is 0.411 e. The van der Waals surface area contributed by atoms with E-state index in [1.807, 2.05) is 0 Å². The first-order chi connectivity index (χ1) is 11.2. The maximum absolute atomic E-state index is 12.0. The van der Waals surface area contributed by atoms with Gasteiger partial charge in [-0.15, -0.1) is 0 Å². The monoisotopic (exact) mass is 365 g/mol. The van der Waals surface area contributed by atoms with Crippen molar-refractivity contribution in [2.75, 3.05) is 11.9 Å². The van der Waals surface area contributed by atoms with Gasteiger partial charge in [-0.1, -0.05) is 11.6 Å². The number of nitrogens with one attached hydrogen (secondary N) is 1. The molecule has 11 heteroatoms. The molecule has 0 saturated heterocycles. The van der Waals surface area contributed by atoms with Gasteiger partial charge in [-0.05, 0) is 13.8 Å². The summed E-state index contributed by atoms with van der Waals surface area (Å²) in [5, 5.41) is 11.0. The predicted molar refractivity (Wildman–Crippen MR) is 79.6 cm³/mol. The number of anilines is 1. The summed E-state index contributed by atoms with van der Waals surface area (Å²) in [4.78, 5) is 12.0. The number of ether oxygens (including phenoxy) is 1. The first-order valence-electron chi connectivity index (χ1n) is 6.82. The molecule has 24 heavy (non-hydrogen) atoms. The first-order valence-corrected chi connectivity index (χ1v) is 7.20. The highest BCUT2D eigenvalue weighted by Crippen LogP contribution is 2.19. The topological polar surface area (TPSA) is 74.0 Å². The minimum absolute atomic E-state index is 0.0465. The van der Waals surface area contributed by atoms with E-state index in [0.717, 1.165) is 4.68 Å². The van der Waals surface area contributed by atoms with E-state index in [2.05, 4.69) is 20.3 Å². The van der Waals surface area contributed by atoms with Crippen LogP contribution in [-0.2, 0) is 22.8 Å². The molecular formula is C13H15ClF3N5O2. The number of carbonyl (C=O) groups is 1. The zero-order valence-electron chi connectivity index (χ0n) is 12.9. The summed E-state index contributed by atoms with van der Waals surface area (Å²) in [5.74, 6) is -0.368. The lowest BCUT2D eigenvalue weighted by Gasteiger charge is -2.07. The molecule has 132 valence electrons. The van der Waals surface area contributed by atoms with Crippen molar-refractivity contribution in [3.63, 3.8) is 0 Å². The van der Waals surface area contributed by atoms with Gasteiger partial charge in [-0.3, -0.25) is 9.48 Å². The van der Waals surface area contributed by atoms with Gasteiger partial charge in [0, 0.05) is 0 Å². The van der Waals surface area contributed by atoms with Gasteiger partial charge < -0.3 is 10.1 Å². The van der Waals surface area contributed by atoms with Gasteiger partial charge in [0.05, 0.1) is 34.5 Å². The molecular weight excluding hydrogens is 351 g/mol. The third kappa shape index (κ3) is 4.96. The van der Waals surface area contributed by atoms with E-state index >= 15 is 0 Å². The van der Waals surface area contributed by atoms with E-state index in [4.69, 9.17) is 11.6 Å². The van der Waals surface area contributed by atoms with Crippen LogP contribution in [0.5, 0.6) is 0 Å². The number of halogens is 4. The van der Waals surface area contributed by atoms with Crippen LogP contribution in [-0.4, -0.2) is 38.3 Å².